The average Bonchev–Trinajstić information content (AvgIpc) is 2.64. The molecule has 3 nitrogen and oxygen atoms in total. The van der Waals surface area contributed by atoms with Crippen LogP contribution in [0.4, 0.5) is 4.39 Å². The fourth-order valence-corrected chi connectivity index (χ4v) is 2.35. The third kappa shape index (κ3) is 3.02. The molecule has 2 aromatic rings. The van der Waals surface area contributed by atoms with Gasteiger partial charge in [-0.05, 0) is 38.5 Å². The smallest absolute Gasteiger partial charge is 0.142 e. The first kappa shape index (κ1) is 15.0. The fraction of sp³-hybridized carbons (Fsp3) is 0.400. The van der Waals surface area contributed by atoms with Crippen molar-refractivity contribution in [2.45, 2.75) is 33.4 Å². The topological polar surface area (TPSA) is 29.9 Å². The summed E-state index contributed by atoms with van der Waals surface area (Å²) < 4.78 is 15.3. The van der Waals surface area contributed by atoms with E-state index in [1.165, 1.54) is 11.6 Å². The Balaban J connectivity index is 2.08. The molecule has 1 heterocycles. The van der Waals surface area contributed by atoms with Gasteiger partial charge in [-0.2, -0.15) is 5.10 Å². The lowest BCUT2D eigenvalue weighted by Gasteiger charge is -2.15. The van der Waals surface area contributed by atoms with Crippen molar-refractivity contribution in [3.63, 3.8) is 0 Å². The van der Waals surface area contributed by atoms with Crippen LogP contribution in [0.25, 0.3) is 0 Å². The van der Waals surface area contributed by atoms with Crippen LogP contribution in [-0.2, 0) is 13.6 Å². The minimum atomic E-state index is -0.383. The van der Waals surface area contributed by atoms with Crippen LogP contribution < -0.4 is 5.32 Å². The molecule has 0 bridgehead atoms. The van der Waals surface area contributed by atoms with Crippen molar-refractivity contribution < 1.29 is 4.39 Å². The van der Waals surface area contributed by atoms with Crippen molar-refractivity contribution >= 4 is 11.6 Å². The predicted octanol–water partition coefficient (Wildman–Crippen LogP) is 3.68. The van der Waals surface area contributed by atoms with Crippen LogP contribution in [0.15, 0.2) is 18.2 Å². The Morgan fingerprint density at radius 3 is 2.65 bits per heavy atom. The van der Waals surface area contributed by atoms with Crippen molar-refractivity contribution in [3.8, 4) is 0 Å². The molecule has 0 aliphatic heterocycles. The normalized spacial score (nSPS) is 12.7. The van der Waals surface area contributed by atoms with Gasteiger partial charge in [-0.25, -0.2) is 4.39 Å². The zero-order valence-electron chi connectivity index (χ0n) is 12.2. The van der Waals surface area contributed by atoms with Gasteiger partial charge in [-0.3, -0.25) is 4.68 Å². The van der Waals surface area contributed by atoms with Crippen LogP contribution in [0.3, 0.4) is 0 Å². The van der Waals surface area contributed by atoms with Crippen LogP contribution in [-0.4, -0.2) is 9.78 Å². The van der Waals surface area contributed by atoms with Crippen molar-refractivity contribution in [1.82, 2.24) is 15.1 Å². The lowest BCUT2D eigenvalue weighted by Crippen LogP contribution is -2.19. The molecular weight excluding hydrogens is 277 g/mol. The zero-order valence-corrected chi connectivity index (χ0v) is 12.9. The number of aryl methyl sites for hydroxylation is 2. The van der Waals surface area contributed by atoms with E-state index in [0.29, 0.717) is 6.54 Å². The van der Waals surface area contributed by atoms with Gasteiger partial charge >= 0.3 is 0 Å². The zero-order chi connectivity index (χ0) is 14.9. The van der Waals surface area contributed by atoms with Gasteiger partial charge in [0.05, 0.1) is 10.7 Å². The molecule has 0 saturated heterocycles. The highest BCUT2D eigenvalue weighted by atomic mass is 35.5. The number of halogens is 2. The van der Waals surface area contributed by atoms with E-state index in [-0.39, 0.29) is 16.9 Å². The number of rotatable bonds is 4. The molecule has 1 unspecified atom stereocenters. The molecule has 1 N–H and O–H groups in total. The molecule has 0 amide bonds. The maximum atomic E-state index is 13.5. The van der Waals surface area contributed by atoms with E-state index in [0.717, 1.165) is 17.0 Å². The molecule has 108 valence electrons. The Bertz CT molecular complexity index is 622. The lowest BCUT2D eigenvalue weighted by atomic mass is 10.1. The molecule has 0 aliphatic carbocycles. The lowest BCUT2D eigenvalue weighted by molar-refractivity contribution is 0.562. The van der Waals surface area contributed by atoms with Crippen molar-refractivity contribution in [3.05, 3.63) is 51.6 Å². The standard InChI is InChI=1S/C15H19ClFN3/c1-9(12-5-6-14(16)15(17)7-12)18-8-13-10(2)19-20(4)11(13)3/h5-7,9,18H,8H2,1-4H3. The molecule has 1 atom stereocenters. The molecule has 0 saturated carbocycles. The van der Waals surface area contributed by atoms with Crippen LogP contribution in [0.2, 0.25) is 5.02 Å². The summed E-state index contributed by atoms with van der Waals surface area (Å²) in [7, 11) is 1.93. The van der Waals surface area contributed by atoms with E-state index in [9.17, 15) is 4.39 Å². The largest absolute Gasteiger partial charge is 0.306 e. The number of aromatic nitrogens is 2. The summed E-state index contributed by atoms with van der Waals surface area (Å²) in [6, 6.07) is 4.95. The molecular formula is C15H19ClFN3. The SMILES string of the molecule is Cc1nn(C)c(C)c1CNC(C)c1ccc(Cl)c(F)c1. The summed E-state index contributed by atoms with van der Waals surface area (Å²) in [5.41, 5.74) is 4.23. The maximum Gasteiger partial charge on any atom is 0.142 e. The molecule has 0 spiro atoms. The van der Waals surface area contributed by atoms with Crippen molar-refractivity contribution in [2.24, 2.45) is 7.05 Å². The highest BCUT2D eigenvalue weighted by molar-refractivity contribution is 6.30. The van der Waals surface area contributed by atoms with E-state index in [2.05, 4.69) is 10.4 Å². The molecule has 20 heavy (non-hydrogen) atoms. The van der Waals surface area contributed by atoms with E-state index < -0.39 is 0 Å². The quantitative estimate of drug-likeness (QED) is 0.932. The molecule has 1 aromatic carbocycles. The number of benzene rings is 1. The van der Waals surface area contributed by atoms with Crippen LogP contribution >= 0.6 is 11.6 Å². The van der Waals surface area contributed by atoms with Crippen molar-refractivity contribution in [1.29, 1.82) is 0 Å². The molecule has 1 aromatic heterocycles. The van der Waals surface area contributed by atoms with E-state index in [4.69, 9.17) is 11.6 Å². The van der Waals surface area contributed by atoms with Gasteiger partial charge in [0.15, 0.2) is 0 Å². The summed E-state index contributed by atoms with van der Waals surface area (Å²) in [4.78, 5) is 0. The summed E-state index contributed by atoms with van der Waals surface area (Å²) in [5.74, 6) is -0.383. The van der Waals surface area contributed by atoms with Crippen LogP contribution in [0.1, 0.15) is 35.5 Å². The average molecular weight is 296 g/mol. The Labute approximate surface area is 123 Å². The molecule has 0 aliphatic rings. The molecule has 0 fully saturated rings. The second kappa shape index (κ2) is 5.94. The summed E-state index contributed by atoms with van der Waals surface area (Å²) in [6.07, 6.45) is 0. The first-order valence-corrected chi connectivity index (χ1v) is 6.95. The highest BCUT2D eigenvalue weighted by Gasteiger charge is 2.12. The van der Waals surface area contributed by atoms with Gasteiger partial charge in [0, 0.05) is 30.9 Å². The Morgan fingerprint density at radius 2 is 2.10 bits per heavy atom. The van der Waals surface area contributed by atoms with E-state index >= 15 is 0 Å². The van der Waals surface area contributed by atoms with Gasteiger partial charge in [0.2, 0.25) is 0 Å². The highest BCUT2D eigenvalue weighted by Crippen LogP contribution is 2.21. The first-order chi connectivity index (χ1) is 9.40. The fourth-order valence-electron chi connectivity index (χ4n) is 2.23. The number of hydrogen-bond donors (Lipinski definition) is 1. The summed E-state index contributed by atoms with van der Waals surface area (Å²) in [5, 5.41) is 7.93. The third-order valence-corrected chi connectivity index (χ3v) is 3.99. The van der Waals surface area contributed by atoms with Crippen LogP contribution in [0, 0.1) is 19.7 Å². The van der Waals surface area contributed by atoms with Gasteiger partial charge < -0.3 is 5.32 Å². The van der Waals surface area contributed by atoms with Crippen LogP contribution in [0.5, 0.6) is 0 Å². The summed E-state index contributed by atoms with van der Waals surface area (Å²) in [6.45, 7) is 6.75. The first-order valence-electron chi connectivity index (χ1n) is 6.57. The monoisotopic (exact) mass is 295 g/mol. The van der Waals surface area contributed by atoms with E-state index in [1.54, 1.807) is 6.07 Å². The molecule has 2 rings (SSSR count). The third-order valence-electron chi connectivity index (χ3n) is 3.69. The van der Waals surface area contributed by atoms with Crippen molar-refractivity contribution in [2.75, 3.05) is 0 Å². The molecule has 0 radical (unpaired) electrons. The Kier molecular flexibility index (Phi) is 4.45. The second-order valence-corrected chi connectivity index (χ2v) is 5.46. The van der Waals surface area contributed by atoms with Gasteiger partial charge in [0.1, 0.15) is 5.82 Å². The van der Waals surface area contributed by atoms with Gasteiger partial charge in [-0.15, -0.1) is 0 Å². The Hall–Kier alpha value is -1.39. The maximum absolute atomic E-state index is 13.5. The number of hydrogen-bond acceptors (Lipinski definition) is 2. The Morgan fingerprint density at radius 1 is 1.40 bits per heavy atom. The minimum absolute atomic E-state index is 0.0424. The molecule has 5 heteroatoms. The van der Waals surface area contributed by atoms with Gasteiger partial charge in [0.25, 0.3) is 0 Å². The van der Waals surface area contributed by atoms with E-state index in [1.807, 2.05) is 38.6 Å². The number of nitrogens with one attached hydrogen (secondary N) is 1. The predicted molar refractivity (Wildman–Crippen MR) is 79.3 cm³/mol. The summed E-state index contributed by atoms with van der Waals surface area (Å²) >= 11 is 5.70. The number of nitrogens with zero attached hydrogens (tertiary/aromatic N) is 2. The minimum Gasteiger partial charge on any atom is -0.306 e. The second-order valence-electron chi connectivity index (χ2n) is 5.05. The van der Waals surface area contributed by atoms with Gasteiger partial charge in [-0.1, -0.05) is 17.7 Å².